The van der Waals surface area contributed by atoms with Gasteiger partial charge >= 0.3 is 0 Å². The number of hydrogen-bond donors (Lipinski definition) is 2. The van der Waals surface area contributed by atoms with Crippen molar-refractivity contribution in [2.45, 2.75) is 0 Å². The van der Waals surface area contributed by atoms with Crippen LogP contribution in [0.4, 0.5) is 0 Å². The number of rotatable bonds is 0. The highest BCUT2D eigenvalue weighted by Gasteiger charge is 2.04. The van der Waals surface area contributed by atoms with Gasteiger partial charge in [-0.15, -0.1) is 0 Å². The van der Waals surface area contributed by atoms with Crippen molar-refractivity contribution in [2.24, 2.45) is 0 Å². The van der Waals surface area contributed by atoms with E-state index < -0.39 is 0 Å². The summed E-state index contributed by atoms with van der Waals surface area (Å²) in [6.07, 6.45) is 8.01. The van der Waals surface area contributed by atoms with E-state index in [9.17, 15) is 0 Å². The van der Waals surface area contributed by atoms with Crippen molar-refractivity contribution in [3.8, 4) is 0 Å². The summed E-state index contributed by atoms with van der Waals surface area (Å²) in [5, 5.41) is 0. The number of aromatic amines is 2. The minimum absolute atomic E-state index is 0.898. The first-order chi connectivity index (χ1) is 12.6. The van der Waals surface area contributed by atoms with Crippen LogP contribution in [0.3, 0.4) is 0 Å². The Bertz CT molecular complexity index is 1170. The van der Waals surface area contributed by atoms with Gasteiger partial charge in [0.2, 0.25) is 0 Å². The highest BCUT2D eigenvalue weighted by Crippen LogP contribution is 2.25. The summed E-state index contributed by atoms with van der Waals surface area (Å²) in [4.78, 5) is 16.1. The van der Waals surface area contributed by atoms with Crippen LogP contribution in [0, 0.1) is 0 Å². The molecule has 6 heteroatoms. The molecule has 2 aliphatic heterocycles. The minimum Gasteiger partial charge on any atom is -0.354 e. The average molecular weight is 468 g/mol. The average Bonchev–Trinajstić information content (AvgIpc) is 3.34. The number of aromatic nitrogens is 4. The minimum atomic E-state index is 0.898. The molecular formula is C20H12Br2N4. The van der Waals surface area contributed by atoms with Crippen molar-refractivity contribution >= 4 is 78.2 Å². The number of hydrogen-bond acceptors (Lipinski definition) is 2. The molecule has 0 unspecified atom stereocenters. The zero-order valence-electron chi connectivity index (χ0n) is 13.4. The second kappa shape index (κ2) is 6.07. The first-order valence-electron chi connectivity index (χ1n) is 8.06. The fourth-order valence-electron chi connectivity index (χ4n) is 3.02. The molecule has 126 valence electrons. The van der Waals surface area contributed by atoms with Crippen molar-refractivity contribution in [1.29, 1.82) is 0 Å². The van der Waals surface area contributed by atoms with Crippen LogP contribution in [0.2, 0.25) is 0 Å². The van der Waals surface area contributed by atoms with E-state index in [2.05, 4.69) is 70.0 Å². The van der Waals surface area contributed by atoms with Crippen molar-refractivity contribution in [2.75, 3.05) is 0 Å². The molecule has 3 aromatic rings. The molecule has 0 amide bonds. The summed E-state index contributed by atoms with van der Waals surface area (Å²) in [7, 11) is 0. The molecule has 26 heavy (non-hydrogen) atoms. The van der Waals surface area contributed by atoms with E-state index in [0.29, 0.717) is 0 Å². The summed E-state index contributed by atoms with van der Waals surface area (Å²) in [5.74, 6) is 0. The van der Waals surface area contributed by atoms with E-state index in [1.807, 2.05) is 42.5 Å². The Morgan fingerprint density at radius 3 is 1.42 bits per heavy atom. The SMILES string of the molecule is Brc1cc2cc3nc(cc4nc(cc5cc(Br)c(cc1[nH]2)[nH]5)C=C4)C=C3. The van der Waals surface area contributed by atoms with E-state index in [0.717, 1.165) is 53.8 Å². The monoisotopic (exact) mass is 466 g/mol. The molecule has 0 spiro atoms. The predicted molar refractivity (Wildman–Crippen MR) is 114 cm³/mol. The van der Waals surface area contributed by atoms with Crippen LogP contribution in [0.1, 0.15) is 22.8 Å². The molecule has 5 rings (SSSR count). The lowest BCUT2D eigenvalue weighted by Crippen LogP contribution is -1.77. The lowest BCUT2D eigenvalue weighted by atomic mass is 10.3. The summed E-state index contributed by atoms with van der Waals surface area (Å²) in [5.41, 5.74) is 7.57. The van der Waals surface area contributed by atoms with Gasteiger partial charge in [0, 0.05) is 20.0 Å². The third kappa shape index (κ3) is 2.95. The molecule has 5 heterocycles. The molecule has 0 saturated carbocycles. The Labute approximate surface area is 166 Å². The lowest BCUT2D eigenvalue weighted by Gasteiger charge is -1.86. The Morgan fingerprint density at radius 1 is 0.538 bits per heavy atom. The van der Waals surface area contributed by atoms with Gasteiger partial charge in [-0.2, -0.15) is 0 Å². The summed E-state index contributed by atoms with van der Waals surface area (Å²) in [6, 6.07) is 12.2. The Hall–Kier alpha value is -2.44. The van der Waals surface area contributed by atoms with Gasteiger partial charge < -0.3 is 9.97 Å². The van der Waals surface area contributed by atoms with Crippen molar-refractivity contribution in [1.82, 2.24) is 19.9 Å². The van der Waals surface area contributed by atoms with Gasteiger partial charge in [0.15, 0.2) is 0 Å². The topological polar surface area (TPSA) is 57.4 Å². The Balaban J connectivity index is 1.89. The van der Waals surface area contributed by atoms with Gasteiger partial charge in [-0.3, -0.25) is 0 Å². The first-order valence-corrected chi connectivity index (χ1v) is 9.64. The van der Waals surface area contributed by atoms with E-state index in [1.165, 1.54) is 0 Å². The van der Waals surface area contributed by atoms with Gasteiger partial charge in [0.1, 0.15) is 0 Å². The predicted octanol–water partition coefficient (Wildman–Crippen LogP) is 6.18. The fraction of sp³-hybridized carbons (Fsp3) is 0. The molecule has 2 N–H and O–H groups in total. The van der Waals surface area contributed by atoms with Gasteiger partial charge in [-0.05, 0) is 92.6 Å². The molecule has 3 aromatic heterocycles. The number of nitrogens with zero attached hydrogens (tertiary/aromatic N) is 2. The number of H-pyrrole nitrogens is 2. The molecule has 8 bridgehead atoms. The molecule has 0 atom stereocenters. The molecular weight excluding hydrogens is 456 g/mol. The highest BCUT2D eigenvalue weighted by atomic mass is 79.9. The number of fused-ring (bicyclic) bond motifs is 8. The first kappa shape index (κ1) is 15.8. The van der Waals surface area contributed by atoms with Gasteiger partial charge in [0.05, 0.1) is 33.8 Å². The van der Waals surface area contributed by atoms with Gasteiger partial charge in [-0.25, -0.2) is 9.97 Å². The maximum Gasteiger partial charge on any atom is 0.0659 e. The third-order valence-electron chi connectivity index (χ3n) is 4.19. The second-order valence-electron chi connectivity index (χ2n) is 6.14. The van der Waals surface area contributed by atoms with E-state index in [-0.39, 0.29) is 0 Å². The smallest absolute Gasteiger partial charge is 0.0659 e. The van der Waals surface area contributed by atoms with E-state index in [4.69, 9.17) is 0 Å². The van der Waals surface area contributed by atoms with Crippen LogP contribution < -0.4 is 0 Å². The van der Waals surface area contributed by atoms with Crippen molar-refractivity contribution < 1.29 is 0 Å². The molecule has 0 fully saturated rings. The molecule has 0 saturated heterocycles. The summed E-state index contributed by atoms with van der Waals surface area (Å²) >= 11 is 7.26. The maximum atomic E-state index is 4.64. The molecule has 0 aromatic carbocycles. The van der Waals surface area contributed by atoms with E-state index >= 15 is 0 Å². The van der Waals surface area contributed by atoms with E-state index in [1.54, 1.807) is 0 Å². The molecule has 0 radical (unpaired) electrons. The number of nitrogens with one attached hydrogen (secondary N) is 2. The zero-order chi connectivity index (χ0) is 17.7. The molecule has 2 aliphatic rings. The molecule has 0 aliphatic carbocycles. The largest absolute Gasteiger partial charge is 0.354 e. The van der Waals surface area contributed by atoms with Gasteiger partial charge in [0.25, 0.3) is 0 Å². The quantitative estimate of drug-likeness (QED) is 0.285. The zero-order valence-corrected chi connectivity index (χ0v) is 16.6. The normalized spacial score (nSPS) is 12.7. The van der Waals surface area contributed by atoms with Crippen molar-refractivity contribution in [3.63, 3.8) is 0 Å². The lowest BCUT2D eigenvalue weighted by molar-refractivity contribution is 1.28. The van der Waals surface area contributed by atoms with Crippen LogP contribution >= 0.6 is 31.9 Å². The Morgan fingerprint density at radius 2 is 0.962 bits per heavy atom. The third-order valence-corrected chi connectivity index (χ3v) is 5.51. The molecule has 4 nitrogen and oxygen atoms in total. The van der Waals surface area contributed by atoms with Gasteiger partial charge in [-0.1, -0.05) is 0 Å². The number of halogens is 2. The second-order valence-corrected chi connectivity index (χ2v) is 7.85. The summed E-state index contributed by atoms with van der Waals surface area (Å²) in [6.45, 7) is 0. The maximum absolute atomic E-state index is 4.64. The highest BCUT2D eigenvalue weighted by molar-refractivity contribution is 9.11. The standard InChI is InChI=1S/C20H12Br2N4/c21-17-8-15-6-13-3-1-11(23-13)5-12-2-4-14(24-12)7-16-9-18(22)20(26-16)10-19(17)25-15/h1-10,25-26H. The van der Waals surface area contributed by atoms with Crippen molar-refractivity contribution in [3.05, 3.63) is 68.1 Å². The van der Waals surface area contributed by atoms with Crippen LogP contribution in [0.5, 0.6) is 0 Å². The Kier molecular flexibility index (Phi) is 3.69. The van der Waals surface area contributed by atoms with Crippen LogP contribution in [0.15, 0.2) is 45.3 Å². The van der Waals surface area contributed by atoms with Crippen LogP contribution in [-0.2, 0) is 0 Å². The van der Waals surface area contributed by atoms with Crippen LogP contribution in [0.25, 0.3) is 46.4 Å². The summed E-state index contributed by atoms with van der Waals surface area (Å²) < 4.78 is 2.00. The van der Waals surface area contributed by atoms with Crippen LogP contribution in [-0.4, -0.2) is 19.9 Å². The fourth-order valence-corrected chi connectivity index (χ4v) is 3.94.